The van der Waals surface area contributed by atoms with Gasteiger partial charge in [0, 0.05) is 42.2 Å². The molecule has 0 bridgehead atoms. The van der Waals surface area contributed by atoms with Crippen molar-refractivity contribution in [3.05, 3.63) is 133 Å². The van der Waals surface area contributed by atoms with Gasteiger partial charge in [-0.1, -0.05) is 72.8 Å². The van der Waals surface area contributed by atoms with Crippen LogP contribution in [0.3, 0.4) is 0 Å². The maximum Gasteiger partial charge on any atom is 0.342 e. The summed E-state index contributed by atoms with van der Waals surface area (Å²) < 4.78 is 12.8. The molecule has 4 aromatic rings. The Balaban J connectivity index is 1.29. The lowest BCUT2D eigenvalue weighted by atomic mass is 10.4. The van der Waals surface area contributed by atoms with Gasteiger partial charge >= 0.3 is 11.9 Å². The molecule has 2 fully saturated rings. The Morgan fingerprint density at radius 3 is 0.950 bits per heavy atom. The predicted molar refractivity (Wildman–Crippen MR) is 161 cm³/mol. The molecule has 0 saturated heterocycles. The van der Waals surface area contributed by atoms with Crippen LogP contribution >= 0.6 is 20.6 Å². The summed E-state index contributed by atoms with van der Waals surface area (Å²) in [5.41, 5.74) is 0. The van der Waals surface area contributed by atoms with Crippen LogP contribution in [0, 0.1) is 0 Å². The van der Waals surface area contributed by atoms with Crippen LogP contribution < -0.4 is 0 Å². The fourth-order valence-electron chi connectivity index (χ4n) is 5.11. The van der Waals surface area contributed by atoms with Crippen molar-refractivity contribution in [2.45, 2.75) is 55.8 Å². The van der Waals surface area contributed by atoms with Crippen molar-refractivity contribution < 1.29 is 18.0 Å². The normalized spacial score (nSPS) is 16.3. The van der Waals surface area contributed by atoms with Crippen LogP contribution in [0.1, 0.15) is 25.7 Å². The third kappa shape index (κ3) is 5.21. The molecule has 0 aromatic heterocycles. The average Bonchev–Trinajstić information content (AvgIpc) is 3.94. The van der Waals surface area contributed by atoms with Crippen molar-refractivity contribution in [3.8, 4) is 0 Å². The second-order valence-electron chi connectivity index (χ2n) is 9.99. The summed E-state index contributed by atoms with van der Waals surface area (Å²) in [7, 11) is -4.16. The minimum absolute atomic E-state index is 0.254. The van der Waals surface area contributed by atoms with E-state index in [-0.39, 0.29) is 10.5 Å². The highest BCUT2D eigenvalue weighted by Gasteiger charge is 2.48. The van der Waals surface area contributed by atoms with Crippen molar-refractivity contribution >= 4 is 32.6 Å². The Bertz CT molecular complexity index is 1290. The molecule has 0 N–H and O–H groups in total. The third-order valence-electron chi connectivity index (χ3n) is 7.14. The standard InChI is InChI=1S/C34H32O4S2/c35-33(37-39(31-21-22-31,27-13-5-1-6-14-27)28-15-7-2-8-16-28)25-26-34(36)38-40(32-23-24-32,29-17-9-3-10-18-29)30-19-11-4-12-20-30/h1-20,25-26,31-32H,21-24H2/b26-25-. The van der Waals surface area contributed by atoms with Crippen molar-refractivity contribution in [2.24, 2.45) is 0 Å². The maximum absolute atomic E-state index is 13.4. The van der Waals surface area contributed by atoms with E-state index >= 15 is 0 Å². The van der Waals surface area contributed by atoms with E-state index < -0.39 is 32.6 Å². The third-order valence-corrected chi connectivity index (χ3v) is 14.7. The van der Waals surface area contributed by atoms with Gasteiger partial charge < -0.3 is 8.37 Å². The van der Waals surface area contributed by atoms with E-state index in [0.29, 0.717) is 0 Å². The molecular formula is C34H32O4S2. The molecule has 0 aliphatic heterocycles. The lowest BCUT2D eigenvalue weighted by Gasteiger charge is -2.40. The number of benzene rings is 4. The zero-order chi connectivity index (χ0) is 27.4. The van der Waals surface area contributed by atoms with E-state index in [9.17, 15) is 9.59 Å². The first-order valence-corrected chi connectivity index (χ1v) is 16.9. The largest absolute Gasteiger partial charge is 0.403 e. The second-order valence-corrected chi connectivity index (χ2v) is 15.9. The van der Waals surface area contributed by atoms with E-state index in [4.69, 9.17) is 8.37 Å². The SMILES string of the molecule is O=C(/C=C\C(=O)OS(c1ccccc1)(c1ccccc1)C1CC1)OS(c1ccccc1)(c1ccccc1)C1CC1. The zero-order valence-electron chi connectivity index (χ0n) is 22.1. The number of carbonyl (C=O) groups excluding carboxylic acids is 2. The molecule has 2 aliphatic carbocycles. The molecule has 0 atom stereocenters. The quantitative estimate of drug-likeness (QED) is 0.180. The molecule has 6 rings (SSSR count). The van der Waals surface area contributed by atoms with Crippen LogP contribution in [0.2, 0.25) is 0 Å². The van der Waals surface area contributed by atoms with Gasteiger partial charge in [-0.15, -0.1) is 0 Å². The minimum Gasteiger partial charge on any atom is -0.403 e. The van der Waals surface area contributed by atoms with Gasteiger partial charge in [-0.3, -0.25) is 0 Å². The van der Waals surface area contributed by atoms with Crippen LogP contribution in [0.15, 0.2) is 153 Å². The monoisotopic (exact) mass is 568 g/mol. The summed E-state index contributed by atoms with van der Waals surface area (Å²) in [6.07, 6.45) is 6.48. The molecule has 0 amide bonds. The Labute approximate surface area is 239 Å². The highest BCUT2D eigenvalue weighted by molar-refractivity contribution is 8.31. The topological polar surface area (TPSA) is 52.6 Å². The molecule has 0 radical (unpaired) electrons. The molecule has 0 unspecified atom stereocenters. The van der Waals surface area contributed by atoms with E-state index in [1.807, 2.05) is 121 Å². The Morgan fingerprint density at radius 2 is 0.725 bits per heavy atom. The molecule has 4 aromatic carbocycles. The predicted octanol–water partition coefficient (Wildman–Crippen LogP) is 8.63. The van der Waals surface area contributed by atoms with Gasteiger partial charge in [-0.25, -0.2) is 9.59 Å². The van der Waals surface area contributed by atoms with Crippen LogP contribution in [0.4, 0.5) is 0 Å². The average molecular weight is 569 g/mol. The summed E-state index contributed by atoms with van der Waals surface area (Å²) in [6, 6.07) is 40.1. The summed E-state index contributed by atoms with van der Waals surface area (Å²) in [4.78, 5) is 30.9. The van der Waals surface area contributed by atoms with Crippen molar-refractivity contribution in [3.63, 3.8) is 0 Å². The van der Waals surface area contributed by atoms with Crippen LogP contribution in [0.5, 0.6) is 0 Å². The molecule has 2 aliphatic rings. The van der Waals surface area contributed by atoms with Crippen LogP contribution in [-0.2, 0) is 18.0 Å². The first-order chi connectivity index (χ1) is 19.6. The van der Waals surface area contributed by atoms with Gasteiger partial charge in [0.05, 0.1) is 0 Å². The molecule has 0 heterocycles. The second kappa shape index (κ2) is 11.4. The van der Waals surface area contributed by atoms with Gasteiger partial charge in [-0.2, -0.15) is 0 Å². The first kappa shape index (κ1) is 26.5. The summed E-state index contributed by atoms with van der Waals surface area (Å²) in [6.45, 7) is 0. The molecule has 40 heavy (non-hydrogen) atoms. The van der Waals surface area contributed by atoms with Crippen LogP contribution in [-0.4, -0.2) is 22.4 Å². The van der Waals surface area contributed by atoms with Gasteiger partial charge in [0.25, 0.3) is 0 Å². The minimum atomic E-state index is -2.08. The van der Waals surface area contributed by atoms with Gasteiger partial charge in [0.2, 0.25) is 0 Å². The van der Waals surface area contributed by atoms with Gasteiger partial charge in [0.1, 0.15) is 0 Å². The Morgan fingerprint density at radius 1 is 0.475 bits per heavy atom. The lowest BCUT2D eigenvalue weighted by molar-refractivity contribution is -0.130. The fraction of sp³-hybridized carbons (Fsp3) is 0.176. The van der Waals surface area contributed by atoms with Crippen molar-refractivity contribution in [2.75, 3.05) is 0 Å². The number of hydrogen-bond donors (Lipinski definition) is 0. The van der Waals surface area contributed by atoms with Crippen LogP contribution in [0.25, 0.3) is 0 Å². The molecule has 2 saturated carbocycles. The number of rotatable bonds is 10. The zero-order valence-corrected chi connectivity index (χ0v) is 23.8. The maximum atomic E-state index is 13.4. The highest BCUT2D eigenvalue weighted by atomic mass is 32.3. The van der Waals surface area contributed by atoms with E-state index in [1.54, 1.807) is 0 Å². The van der Waals surface area contributed by atoms with E-state index in [1.165, 1.54) is 12.2 Å². The fourth-order valence-corrected chi connectivity index (χ4v) is 12.3. The molecule has 6 heteroatoms. The Kier molecular flexibility index (Phi) is 7.55. The summed E-state index contributed by atoms with van der Waals surface area (Å²) in [5, 5.41) is 0.509. The first-order valence-electron chi connectivity index (χ1n) is 13.6. The smallest absolute Gasteiger partial charge is 0.342 e. The number of hydrogen-bond acceptors (Lipinski definition) is 4. The molecule has 4 nitrogen and oxygen atoms in total. The Hall–Kier alpha value is -3.74. The molecule has 0 spiro atoms. The van der Waals surface area contributed by atoms with E-state index in [2.05, 4.69) is 0 Å². The lowest BCUT2D eigenvalue weighted by Crippen LogP contribution is -2.17. The summed E-state index contributed by atoms with van der Waals surface area (Å²) >= 11 is 0. The molecule has 204 valence electrons. The van der Waals surface area contributed by atoms with Gasteiger partial charge in [0.15, 0.2) is 0 Å². The van der Waals surface area contributed by atoms with Gasteiger partial charge in [-0.05, 0) is 94.8 Å². The summed E-state index contributed by atoms with van der Waals surface area (Å²) in [5.74, 6) is -1.06. The molecular weight excluding hydrogens is 537 g/mol. The van der Waals surface area contributed by atoms with E-state index in [0.717, 1.165) is 45.3 Å². The van der Waals surface area contributed by atoms with Crippen molar-refractivity contribution in [1.82, 2.24) is 0 Å². The van der Waals surface area contributed by atoms with Crippen molar-refractivity contribution in [1.29, 1.82) is 0 Å². The highest BCUT2D eigenvalue weighted by Crippen LogP contribution is 2.74. The number of carbonyl (C=O) groups is 2.